The van der Waals surface area contributed by atoms with Crippen LogP contribution in [0.25, 0.3) is 10.9 Å². The van der Waals surface area contributed by atoms with Crippen LogP contribution in [0.1, 0.15) is 37.4 Å². The molecule has 0 aliphatic rings. The molecule has 1 aromatic heterocycles. The molecule has 1 heterocycles. The zero-order chi connectivity index (χ0) is 22.7. The van der Waals surface area contributed by atoms with Gasteiger partial charge in [0.05, 0.1) is 23.9 Å². The molecule has 0 unspecified atom stereocenters. The van der Waals surface area contributed by atoms with Gasteiger partial charge in [-0.05, 0) is 48.4 Å². The Labute approximate surface area is 185 Å². The maximum absolute atomic E-state index is 11.9. The summed E-state index contributed by atoms with van der Waals surface area (Å²) in [5.41, 5.74) is 4.93. The minimum absolute atomic E-state index is 0.243. The Morgan fingerprint density at radius 2 is 1.84 bits per heavy atom. The standard InChI is InChI=1S/C26H22N2O4/c1-17-21(25(29)30)10-6-11-23(17)27-14-20-16-28(24-12-4-3-9-22(20)24)15-18-7-5-8-19(13-18)26(31)32-2/h3-14,16H,15H2,1-2H3,(H,29,30). The molecule has 0 aliphatic carbocycles. The number of carboxylic acid groups (broad SMARTS) is 1. The molecule has 0 atom stereocenters. The fourth-order valence-corrected chi connectivity index (χ4v) is 3.75. The van der Waals surface area contributed by atoms with Crippen molar-refractivity contribution >= 4 is 34.7 Å². The van der Waals surface area contributed by atoms with Crippen molar-refractivity contribution < 1.29 is 19.4 Å². The van der Waals surface area contributed by atoms with Gasteiger partial charge in [0.15, 0.2) is 0 Å². The average Bonchev–Trinajstić information content (AvgIpc) is 3.15. The lowest BCUT2D eigenvalue weighted by atomic mass is 10.1. The molecule has 3 aromatic carbocycles. The van der Waals surface area contributed by atoms with Crippen molar-refractivity contribution in [1.29, 1.82) is 0 Å². The SMILES string of the molecule is COC(=O)c1cccc(Cn2cc(C=Nc3cccc(C(=O)O)c3C)c3ccccc32)c1. The number of benzene rings is 3. The summed E-state index contributed by atoms with van der Waals surface area (Å²) in [4.78, 5) is 27.8. The second-order valence-corrected chi connectivity index (χ2v) is 7.43. The van der Waals surface area contributed by atoms with E-state index < -0.39 is 5.97 Å². The number of methoxy groups -OCH3 is 1. The van der Waals surface area contributed by atoms with E-state index in [-0.39, 0.29) is 11.5 Å². The van der Waals surface area contributed by atoms with Gasteiger partial charge in [0.1, 0.15) is 0 Å². The zero-order valence-electron chi connectivity index (χ0n) is 17.8. The molecule has 0 bridgehead atoms. The van der Waals surface area contributed by atoms with E-state index in [2.05, 4.69) is 9.56 Å². The van der Waals surface area contributed by atoms with Crippen LogP contribution < -0.4 is 0 Å². The first kappa shape index (κ1) is 21.1. The molecular weight excluding hydrogens is 404 g/mol. The summed E-state index contributed by atoms with van der Waals surface area (Å²) < 4.78 is 6.93. The molecule has 0 fully saturated rings. The minimum Gasteiger partial charge on any atom is -0.478 e. The van der Waals surface area contributed by atoms with Gasteiger partial charge in [-0.15, -0.1) is 0 Å². The number of carbonyl (C=O) groups is 2. The number of para-hydroxylation sites is 1. The zero-order valence-corrected chi connectivity index (χ0v) is 17.8. The lowest BCUT2D eigenvalue weighted by Gasteiger charge is -2.07. The van der Waals surface area contributed by atoms with Gasteiger partial charge in [-0.3, -0.25) is 4.99 Å². The van der Waals surface area contributed by atoms with Gasteiger partial charge in [0, 0.05) is 35.4 Å². The number of fused-ring (bicyclic) bond motifs is 1. The highest BCUT2D eigenvalue weighted by molar-refractivity contribution is 6.00. The molecule has 0 saturated heterocycles. The van der Waals surface area contributed by atoms with E-state index in [9.17, 15) is 14.7 Å². The number of carbonyl (C=O) groups excluding carboxylic acids is 1. The number of aromatic carboxylic acids is 1. The van der Waals surface area contributed by atoms with Gasteiger partial charge in [0.25, 0.3) is 0 Å². The van der Waals surface area contributed by atoms with Crippen LogP contribution in [0.3, 0.4) is 0 Å². The lowest BCUT2D eigenvalue weighted by Crippen LogP contribution is -2.03. The first-order chi connectivity index (χ1) is 15.5. The summed E-state index contributed by atoms with van der Waals surface area (Å²) in [7, 11) is 1.37. The first-order valence-electron chi connectivity index (χ1n) is 10.1. The van der Waals surface area contributed by atoms with Gasteiger partial charge < -0.3 is 14.4 Å². The van der Waals surface area contributed by atoms with Crippen LogP contribution in [0, 0.1) is 6.92 Å². The van der Waals surface area contributed by atoms with Gasteiger partial charge in [0.2, 0.25) is 0 Å². The lowest BCUT2D eigenvalue weighted by molar-refractivity contribution is 0.0599. The maximum atomic E-state index is 11.9. The van der Waals surface area contributed by atoms with Crippen LogP contribution >= 0.6 is 0 Å². The maximum Gasteiger partial charge on any atom is 0.337 e. The Morgan fingerprint density at radius 1 is 1.06 bits per heavy atom. The van der Waals surface area contributed by atoms with Crippen molar-refractivity contribution in [3.63, 3.8) is 0 Å². The summed E-state index contributed by atoms with van der Waals surface area (Å²) in [5.74, 6) is -1.33. The van der Waals surface area contributed by atoms with E-state index in [1.54, 1.807) is 37.4 Å². The normalized spacial score (nSPS) is 11.2. The van der Waals surface area contributed by atoms with Crippen LogP contribution in [0.5, 0.6) is 0 Å². The van der Waals surface area contributed by atoms with Gasteiger partial charge in [-0.25, -0.2) is 9.59 Å². The predicted molar refractivity (Wildman–Crippen MR) is 124 cm³/mol. The minimum atomic E-state index is -0.967. The van der Waals surface area contributed by atoms with E-state index in [4.69, 9.17) is 4.74 Å². The molecule has 0 amide bonds. The molecule has 6 heteroatoms. The number of aliphatic imine (C=N–C) groups is 1. The molecule has 1 N–H and O–H groups in total. The van der Waals surface area contributed by atoms with Crippen LogP contribution in [-0.4, -0.2) is 34.9 Å². The Morgan fingerprint density at radius 3 is 2.62 bits per heavy atom. The van der Waals surface area contributed by atoms with Crippen molar-refractivity contribution in [1.82, 2.24) is 4.57 Å². The average molecular weight is 426 g/mol. The highest BCUT2D eigenvalue weighted by atomic mass is 16.5. The number of hydrogen-bond donors (Lipinski definition) is 1. The van der Waals surface area contributed by atoms with Crippen LogP contribution in [0.4, 0.5) is 5.69 Å². The third-order valence-corrected chi connectivity index (χ3v) is 5.40. The van der Waals surface area contributed by atoms with E-state index in [0.29, 0.717) is 23.4 Å². The molecule has 6 nitrogen and oxygen atoms in total. The Bertz CT molecular complexity index is 1350. The number of hydrogen-bond acceptors (Lipinski definition) is 4. The molecule has 0 aliphatic heterocycles. The summed E-state index contributed by atoms with van der Waals surface area (Å²) in [5, 5.41) is 10.4. The Balaban J connectivity index is 1.70. The van der Waals surface area contributed by atoms with Crippen molar-refractivity contribution in [3.8, 4) is 0 Å². The highest BCUT2D eigenvalue weighted by Gasteiger charge is 2.11. The monoisotopic (exact) mass is 426 g/mol. The quantitative estimate of drug-likeness (QED) is 0.338. The Hall–Kier alpha value is -4.19. The number of nitrogens with zero attached hydrogens (tertiary/aromatic N) is 2. The largest absolute Gasteiger partial charge is 0.478 e. The third kappa shape index (κ3) is 4.16. The van der Waals surface area contributed by atoms with E-state index >= 15 is 0 Å². The van der Waals surface area contributed by atoms with Crippen molar-refractivity contribution in [2.75, 3.05) is 7.11 Å². The summed E-state index contributed by atoms with van der Waals surface area (Å²) in [6.45, 7) is 2.33. The van der Waals surface area contributed by atoms with Crippen molar-refractivity contribution in [3.05, 3.63) is 101 Å². The van der Waals surface area contributed by atoms with E-state index in [1.165, 1.54) is 7.11 Å². The fourth-order valence-electron chi connectivity index (χ4n) is 3.75. The molecule has 32 heavy (non-hydrogen) atoms. The van der Waals surface area contributed by atoms with Gasteiger partial charge in [-0.2, -0.15) is 0 Å². The van der Waals surface area contributed by atoms with Crippen LogP contribution in [0.2, 0.25) is 0 Å². The van der Waals surface area contributed by atoms with Gasteiger partial charge >= 0.3 is 11.9 Å². The summed E-state index contributed by atoms with van der Waals surface area (Å²) in [6, 6.07) is 20.4. The molecule has 0 radical (unpaired) electrons. The molecular formula is C26H22N2O4. The first-order valence-corrected chi connectivity index (χ1v) is 10.1. The number of ether oxygens (including phenoxy) is 1. The smallest absolute Gasteiger partial charge is 0.337 e. The molecule has 0 spiro atoms. The molecule has 160 valence electrons. The third-order valence-electron chi connectivity index (χ3n) is 5.40. The second kappa shape index (κ2) is 8.89. The summed E-state index contributed by atoms with van der Waals surface area (Å²) in [6.07, 6.45) is 3.77. The molecule has 0 saturated carbocycles. The van der Waals surface area contributed by atoms with Gasteiger partial charge in [-0.1, -0.05) is 36.4 Å². The molecule has 4 rings (SSSR count). The fraction of sp³-hybridized carbons (Fsp3) is 0.115. The predicted octanol–water partition coefficient (Wildman–Crippen LogP) is 5.23. The second-order valence-electron chi connectivity index (χ2n) is 7.43. The highest BCUT2D eigenvalue weighted by Crippen LogP contribution is 2.25. The summed E-state index contributed by atoms with van der Waals surface area (Å²) >= 11 is 0. The van der Waals surface area contributed by atoms with E-state index in [0.717, 1.165) is 22.0 Å². The number of carboxylic acids is 1. The van der Waals surface area contributed by atoms with Crippen molar-refractivity contribution in [2.24, 2.45) is 4.99 Å². The number of rotatable bonds is 6. The van der Waals surface area contributed by atoms with Crippen LogP contribution in [-0.2, 0) is 11.3 Å². The Kier molecular flexibility index (Phi) is 5.85. The van der Waals surface area contributed by atoms with Crippen molar-refractivity contribution in [2.45, 2.75) is 13.5 Å². The number of aromatic nitrogens is 1. The van der Waals surface area contributed by atoms with Crippen LogP contribution in [0.15, 0.2) is 77.9 Å². The number of esters is 1. The molecule has 4 aromatic rings. The van der Waals surface area contributed by atoms with E-state index in [1.807, 2.05) is 48.7 Å². The topological polar surface area (TPSA) is 80.9 Å².